The minimum atomic E-state index is -0.761. The van der Waals surface area contributed by atoms with Crippen LogP contribution in [0.25, 0.3) is 0 Å². The minimum Gasteiger partial charge on any atom is -0.480 e. The van der Waals surface area contributed by atoms with Gasteiger partial charge >= 0.3 is 5.97 Å². The molecule has 1 rings (SSSR count). The fourth-order valence-corrected chi connectivity index (χ4v) is 2.10. The molecular formula is C10H19NO2. The Morgan fingerprint density at radius 3 is 2.85 bits per heavy atom. The standard InChI is InChI=1S/C10H19NO2/c1-10(2)5-3-4-8(6-10)11-7-9(12)13/h8,11H,3-7H2,1-2H3,(H,12,13). The van der Waals surface area contributed by atoms with Gasteiger partial charge in [-0.15, -0.1) is 0 Å². The van der Waals surface area contributed by atoms with Crippen LogP contribution >= 0.6 is 0 Å². The van der Waals surface area contributed by atoms with E-state index in [0.717, 1.165) is 12.8 Å². The molecule has 0 bridgehead atoms. The summed E-state index contributed by atoms with van der Waals surface area (Å²) >= 11 is 0. The van der Waals surface area contributed by atoms with E-state index in [1.807, 2.05) is 0 Å². The van der Waals surface area contributed by atoms with E-state index in [2.05, 4.69) is 19.2 Å². The summed E-state index contributed by atoms with van der Waals surface area (Å²) in [6, 6.07) is 0.403. The maximum Gasteiger partial charge on any atom is 0.317 e. The third kappa shape index (κ3) is 3.77. The highest BCUT2D eigenvalue weighted by molar-refractivity contribution is 5.69. The van der Waals surface area contributed by atoms with Crippen LogP contribution in [0.1, 0.15) is 39.5 Å². The number of rotatable bonds is 3. The molecule has 1 aliphatic rings. The first-order valence-electron chi connectivity index (χ1n) is 4.95. The van der Waals surface area contributed by atoms with Gasteiger partial charge in [0.15, 0.2) is 0 Å². The van der Waals surface area contributed by atoms with Crippen molar-refractivity contribution in [1.29, 1.82) is 0 Å². The molecule has 0 aromatic carbocycles. The lowest BCUT2D eigenvalue weighted by Gasteiger charge is -2.35. The highest BCUT2D eigenvalue weighted by Crippen LogP contribution is 2.34. The van der Waals surface area contributed by atoms with Crippen LogP contribution in [0.15, 0.2) is 0 Å². The Hall–Kier alpha value is -0.570. The summed E-state index contributed by atoms with van der Waals surface area (Å²) in [5, 5.41) is 11.6. The Balaban J connectivity index is 2.30. The third-order valence-electron chi connectivity index (χ3n) is 2.75. The van der Waals surface area contributed by atoms with Gasteiger partial charge in [0, 0.05) is 6.04 Å². The average Bonchev–Trinajstić information content (AvgIpc) is 1.99. The molecular weight excluding hydrogens is 166 g/mol. The number of carbonyl (C=O) groups is 1. The van der Waals surface area contributed by atoms with Crippen LogP contribution in [0.3, 0.4) is 0 Å². The van der Waals surface area contributed by atoms with Crippen molar-refractivity contribution in [2.45, 2.75) is 45.6 Å². The normalized spacial score (nSPS) is 27.1. The van der Waals surface area contributed by atoms with Crippen LogP contribution in [0.2, 0.25) is 0 Å². The molecule has 1 atom stereocenters. The van der Waals surface area contributed by atoms with E-state index in [-0.39, 0.29) is 6.54 Å². The van der Waals surface area contributed by atoms with Crippen LogP contribution in [0.4, 0.5) is 0 Å². The number of nitrogens with one attached hydrogen (secondary N) is 1. The molecule has 0 amide bonds. The lowest BCUT2D eigenvalue weighted by Crippen LogP contribution is -2.39. The zero-order chi connectivity index (χ0) is 9.90. The Bertz CT molecular complexity index is 189. The first-order chi connectivity index (χ1) is 5.99. The molecule has 3 heteroatoms. The molecule has 0 aromatic heterocycles. The number of hydrogen-bond acceptors (Lipinski definition) is 2. The van der Waals surface area contributed by atoms with Gasteiger partial charge in [0.25, 0.3) is 0 Å². The molecule has 1 aliphatic carbocycles. The summed E-state index contributed by atoms with van der Waals surface area (Å²) in [5.41, 5.74) is 0.383. The zero-order valence-electron chi connectivity index (χ0n) is 8.47. The van der Waals surface area contributed by atoms with Gasteiger partial charge in [-0.25, -0.2) is 0 Å². The smallest absolute Gasteiger partial charge is 0.317 e. The average molecular weight is 185 g/mol. The summed E-state index contributed by atoms with van der Waals surface area (Å²) in [7, 11) is 0. The Morgan fingerprint density at radius 1 is 1.62 bits per heavy atom. The van der Waals surface area contributed by atoms with Crippen LogP contribution in [0, 0.1) is 5.41 Å². The van der Waals surface area contributed by atoms with Crippen LogP contribution in [0.5, 0.6) is 0 Å². The van der Waals surface area contributed by atoms with Crippen molar-refractivity contribution < 1.29 is 9.90 Å². The van der Waals surface area contributed by atoms with Crippen molar-refractivity contribution in [3.63, 3.8) is 0 Å². The van der Waals surface area contributed by atoms with Gasteiger partial charge in [0.05, 0.1) is 6.54 Å². The molecule has 0 spiro atoms. The summed E-state index contributed by atoms with van der Waals surface area (Å²) in [4.78, 5) is 10.3. The van der Waals surface area contributed by atoms with Gasteiger partial charge in [-0.1, -0.05) is 20.3 Å². The van der Waals surface area contributed by atoms with Gasteiger partial charge in [0.1, 0.15) is 0 Å². The van der Waals surface area contributed by atoms with E-state index in [1.54, 1.807) is 0 Å². The molecule has 0 aliphatic heterocycles. The van der Waals surface area contributed by atoms with E-state index in [4.69, 9.17) is 5.11 Å². The largest absolute Gasteiger partial charge is 0.480 e. The molecule has 3 nitrogen and oxygen atoms in total. The second kappa shape index (κ2) is 4.09. The van der Waals surface area contributed by atoms with E-state index < -0.39 is 5.97 Å². The van der Waals surface area contributed by atoms with E-state index >= 15 is 0 Å². The molecule has 1 saturated carbocycles. The van der Waals surface area contributed by atoms with Gasteiger partial charge in [-0.05, 0) is 24.7 Å². The number of hydrogen-bond donors (Lipinski definition) is 2. The monoisotopic (exact) mass is 185 g/mol. The van der Waals surface area contributed by atoms with Gasteiger partial charge in [-0.3, -0.25) is 4.79 Å². The number of carboxylic acid groups (broad SMARTS) is 1. The molecule has 2 N–H and O–H groups in total. The van der Waals surface area contributed by atoms with Crippen molar-refractivity contribution in [3.05, 3.63) is 0 Å². The lowest BCUT2D eigenvalue weighted by molar-refractivity contribution is -0.136. The molecule has 0 heterocycles. The maximum absolute atomic E-state index is 10.3. The molecule has 13 heavy (non-hydrogen) atoms. The summed E-state index contributed by atoms with van der Waals surface area (Å²) in [6.07, 6.45) is 4.69. The second-order valence-electron chi connectivity index (χ2n) is 4.73. The SMILES string of the molecule is CC1(C)CCCC(NCC(=O)O)C1. The molecule has 1 fully saturated rings. The number of carboxylic acids is 1. The lowest BCUT2D eigenvalue weighted by atomic mass is 9.75. The third-order valence-corrected chi connectivity index (χ3v) is 2.75. The quantitative estimate of drug-likeness (QED) is 0.702. The van der Waals surface area contributed by atoms with E-state index in [1.165, 1.54) is 12.8 Å². The molecule has 0 saturated heterocycles. The summed E-state index contributed by atoms with van der Waals surface area (Å²) < 4.78 is 0. The highest BCUT2D eigenvalue weighted by Gasteiger charge is 2.27. The highest BCUT2D eigenvalue weighted by atomic mass is 16.4. The predicted molar refractivity (Wildman–Crippen MR) is 51.7 cm³/mol. The molecule has 1 unspecified atom stereocenters. The first kappa shape index (κ1) is 10.5. The Kier molecular flexibility index (Phi) is 3.31. The first-order valence-corrected chi connectivity index (χ1v) is 4.95. The van der Waals surface area contributed by atoms with Crippen LogP contribution < -0.4 is 5.32 Å². The molecule has 0 aromatic rings. The summed E-state index contributed by atoms with van der Waals surface area (Å²) in [5.74, 6) is -0.761. The fourth-order valence-electron chi connectivity index (χ4n) is 2.10. The maximum atomic E-state index is 10.3. The second-order valence-corrected chi connectivity index (χ2v) is 4.73. The Morgan fingerprint density at radius 2 is 2.31 bits per heavy atom. The summed E-state index contributed by atoms with van der Waals surface area (Å²) in [6.45, 7) is 4.60. The van der Waals surface area contributed by atoms with Gasteiger partial charge < -0.3 is 10.4 Å². The topological polar surface area (TPSA) is 49.3 Å². The predicted octanol–water partition coefficient (Wildman–Crippen LogP) is 1.63. The fraction of sp³-hybridized carbons (Fsp3) is 0.900. The molecule has 0 radical (unpaired) electrons. The minimum absolute atomic E-state index is 0.0980. The van der Waals surface area contributed by atoms with Crippen molar-refractivity contribution in [3.8, 4) is 0 Å². The van der Waals surface area contributed by atoms with Crippen LogP contribution in [-0.2, 0) is 4.79 Å². The van der Waals surface area contributed by atoms with E-state index in [9.17, 15) is 4.79 Å². The zero-order valence-corrected chi connectivity index (χ0v) is 8.47. The van der Waals surface area contributed by atoms with E-state index in [0.29, 0.717) is 11.5 Å². The van der Waals surface area contributed by atoms with Crippen molar-refractivity contribution in [1.82, 2.24) is 5.32 Å². The molecule has 76 valence electrons. The van der Waals surface area contributed by atoms with Gasteiger partial charge in [-0.2, -0.15) is 0 Å². The van der Waals surface area contributed by atoms with Gasteiger partial charge in [0.2, 0.25) is 0 Å². The Labute approximate surface area is 79.5 Å². The van der Waals surface area contributed by atoms with Crippen molar-refractivity contribution in [2.24, 2.45) is 5.41 Å². The van der Waals surface area contributed by atoms with Crippen LogP contribution in [-0.4, -0.2) is 23.7 Å². The number of aliphatic carboxylic acids is 1. The van der Waals surface area contributed by atoms with Crippen molar-refractivity contribution in [2.75, 3.05) is 6.54 Å². The van der Waals surface area contributed by atoms with Crippen molar-refractivity contribution >= 4 is 5.97 Å².